The number of anilines is 2. The lowest BCUT2D eigenvalue weighted by molar-refractivity contribution is 0.0981. The van der Waals surface area contributed by atoms with E-state index < -0.39 is 17.7 Å². The highest BCUT2D eigenvalue weighted by atomic mass is 19.1. The Bertz CT molecular complexity index is 1130. The van der Waals surface area contributed by atoms with E-state index in [1.54, 1.807) is 17.0 Å². The van der Waals surface area contributed by atoms with Crippen LogP contribution in [0.1, 0.15) is 28.4 Å². The van der Waals surface area contributed by atoms with Gasteiger partial charge in [-0.25, -0.2) is 13.6 Å². The van der Waals surface area contributed by atoms with Crippen LogP contribution < -0.4 is 15.5 Å². The van der Waals surface area contributed by atoms with Gasteiger partial charge in [-0.3, -0.25) is 4.79 Å². The molecule has 0 aromatic heterocycles. The first-order valence-corrected chi connectivity index (χ1v) is 9.92. The Morgan fingerprint density at radius 3 is 2.58 bits per heavy atom. The molecule has 0 bridgehead atoms. The van der Waals surface area contributed by atoms with Gasteiger partial charge >= 0.3 is 6.03 Å². The molecule has 1 aliphatic rings. The number of hydrogen-bond acceptors (Lipinski definition) is 2. The van der Waals surface area contributed by atoms with Gasteiger partial charge in [-0.1, -0.05) is 30.3 Å². The van der Waals surface area contributed by atoms with Gasteiger partial charge in [-0.15, -0.1) is 0 Å². The minimum atomic E-state index is -0.724. The fraction of sp³-hybridized carbons (Fsp3) is 0.167. The molecule has 3 aromatic rings. The predicted molar refractivity (Wildman–Crippen MR) is 115 cm³/mol. The van der Waals surface area contributed by atoms with Crippen molar-refractivity contribution in [3.8, 4) is 0 Å². The number of carbonyl (C=O) groups excluding carboxylic acids is 2. The van der Waals surface area contributed by atoms with Crippen LogP contribution in [0, 0.1) is 11.6 Å². The molecule has 3 aromatic carbocycles. The molecule has 0 fully saturated rings. The lowest BCUT2D eigenvalue weighted by Gasteiger charge is -2.23. The zero-order valence-corrected chi connectivity index (χ0v) is 16.9. The Hall–Kier alpha value is -3.74. The topological polar surface area (TPSA) is 61.4 Å². The summed E-state index contributed by atoms with van der Waals surface area (Å²) in [4.78, 5) is 26.9. The molecule has 5 nitrogen and oxygen atoms in total. The molecule has 158 valence electrons. The van der Waals surface area contributed by atoms with Gasteiger partial charge in [0, 0.05) is 29.9 Å². The zero-order valence-electron chi connectivity index (χ0n) is 16.9. The molecule has 31 heavy (non-hydrogen) atoms. The van der Waals surface area contributed by atoms with Crippen LogP contribution in [-0.2, 0) is 13.0 Å². The van der Waals surface area contributed by atoms with Crippen LogP contribution in [0.4, 0.5) is 25.0 Å². The number of amides is 3. The van der Waals surface area contributed by atoms with E-state index in [-0.39, 0.29) is 24.2 Å². The second kappa shape index (κ2) is 8.55. The number of carbonyl (C=O) groups is 2. The molecule has 1 atom stereocenters. The number of fused-ring (bicyclic) bond motifs is 1. The number of nitrogens with zero attached hydrogens (tertiary/aromatic N) is 1. The van der Waals surface area contributed by atoms with Crippen LogP contribution in [0.5, 0.6) is 0 Å². The van der Waals surface area contributed by atoms with E-state index in [2.05, 4.69) is 10.6 Å². The number of halogens is 2. The summed E-state index contributed by atoms with van der Waals surface area (Å²) in [5, 5.41) is 4.93. The molecule has 1 heterocycles. The van der Waals surface area contributed by atoms with Gasteiger partial charge in [-0.2, -0.15) is 0 Å². The average Bonchev–Trinajstić information content (AvgIpc) is 3.10. The summed E-state index contributed by atoms with van der Waals surface area (Å²) in [6.07, 6.45) is 0.751. The highest BCUT2D eigenvalue weighted by Crippen LogP contribution is 2.34. The molecule has 1 aliphatic heterocycles. The maximum atomic E-state index is 13.7. The number of nitrogens with one attached hydrogen (secondary N) is 2. The maximum Gasteiger partial charge on any atom is 0.319 e. The third-order valence-electron chi connectivity index (χ3n) is 5.23. The molecule has 4 rings (SSSR count). The van der Waals surface area contributed by atoms with Crippen molar-refractivity contribution in [1.82, 2.24) is 5.32 Å². The van der Waals surface area contributed by atoms with E-state index in [9.17, 15) is 18.4 Å². The average molecular weight is 421 g/mol. The summed E-state index contributed by atoms with van der Waals surface area (Å²) in [7, 11) is 0. The Morgan fingerprint density at radius 2 is 1.81 bits per heavy atom. The Morgan fingerprint density at radius 1 is 1.03 bits per heavy atom. The van der Waals surface area contributed by atoms with Crippen molar-refractivity contribution < 1.29 is 18.4 Å². The first-order valence-electron chi connectivity index (χ1n) is 9.92. The van der Waals surface area contributed by atoms with Crippen molar-refractivity contribution in [2.24, 2.45) is 0 Å². The first-order chi connectivity index (χ1) is 14.9. The zero-order chi connectivity index (χ0) is 22.0. The van der Waals surface area contributed by atoms with Gasteiger partial charge in [0.15, 0.2) is 0 Å². The number of benzene rings is 3. The standard InChI is InChI=1S/C24H21F2N3O2/c1-15-11-18-8-7-16(12-22(18)29(15)23(30)17-5-3-2-4-6-17)14-27-24(31)28-21-13-19(25)9-10-20(21)26/h2-10,12-13,15H,11,14H2,1H3,(H2,27,28,31)/t15-/m0/s1. The van der Waals surface area contributed by atoms with Crippen molar-refractivity contribution in [1.29, 1.82) is 0 Å². The summed E-state index contributed by atoms with van der Waals surface area (Å²) in [6.45, 7) is 2.16. The molecule has 2 N–H and O–H groups in total. The molecule has 0 aliphatic carbocycles. The van der Waals surface area contributed by atoms with E-state index in [1.807, 2.05) is 43.3 Å². The van der Waals surface area contributed by atoms with Gasteiger partial charge in [0.1, 0.15) is 11.6 Å². The fourth-order valence-electron chi connectivity index (χ4n) is 3.73. The van der Waals surface area contributed by atoms with E-state index in [0.717, 1.165) is 41.4 Å². The lowest BCUT2D eigenvalue weighted by atomic mass is 10.1. The number of urea groups is 1. The van der Waals surface area contributed by atoms with Gasteiger partial charge < -0.3 is 15.5 Å². The molecular weight excluding hydrogens is 400 g/mol. The van der Waals surface area contributed by atoms with Crippen molar-refractivity contribution in [3.63, 3.8) is 0 Å². The Kier molecular flexibility index (Phi) is 5.66. The molecule has 7 heteroatoms. The minimum absolute atomic E-state index is 0.0187. The third-order valence-corrected chi connectivity index (χ3v) is 5.23. The molecule has 0 radical (unpaired) electrons. The lowest BCUT2D eigenvalue weighted by Crippen LogP contribution is -2.35. The van der Waals surface area contributed by atoms with Gasteiger partial charge in [0.25, 0.3) is 5.91 Å². The summed E-state index contributed by atoms with van der Waals surface area (Å²) in [5.74, 6) is -1.44. The van der Waals surface area contributed by atoms with Crippen LogP contribution in [-0.4, -0.2) is 18.0 Å². The predicted octanol–water partition coefficient (Wildman–Crippen LogP) is 4.88. The highest BCUT2D eigenvalue weighted by molar-refractivity contribution is 6.07. The summed E-state index contributed by atoms with van der Waals surface area (Å²) in [5.41, 5.74) is 3.04. The van der Waals surface area contributed by atoms with E-state index >= 15 is 0 Å². The minimum Gasteiger partial charge on any atom is -0.334 e. The van der Waals surface area contributed by atoms with Crippen molar-refractivity contribution in [2.45, 2.75) is 25.9 Å². The van der Waals surface area contributed by atoms with Gasteiger partial charge in [0.05, 0.1) is 5.69 Å². The molecule has 0 spiro atoms. The Balaban J connectivity index is 1.47. The second-order valence-corrected chi connectivity index (χ2v) is 7.49. The van der Waals surface area contributed by atoms with Gasteiger partial charge in [0.2, 0.25) is 0 Å². The molecule has 0 unspecified atom stereocenters. The molecule has 0 saturated heterocycles. The number of hydrogen-bond donors (Lipinski definition) is 2. The highest BCUT2D eigenvalue weighted by Gasteiger charge is 2.31. The summed E-state index contributed by atoms with van der Waals surface area (Å²) >= 11 is 0. The van der Waals surface area contributed by atoms with Crippen LogP contribution in [0.25, 0.3) is 0 Å². The second-order valence-electron chi connectivity index (χ2n) is 7.49. The molecule has 3 amide bonds. The molecular formula is C24H21F2N3O2. The van der Waals surface area contributed by atoms with E-state index in [1.165, 1.54) is 0 Å². The SMILES string of the molecule is C[C@H]1Cc2ccc(CNC(=O)Nc3cc(F)ccc3F)cc2N1C(=O)c1ccccc1. The monoisotopic (exact) mass is 421 g/mol. The van der Waals surface area contributed by atoms with Gasteiger partial charge in [-0.05, 0) is 54.8 Å². The van der Waals surface area contributed by atoms with E-state index in [4.69, 9.17) is 0 Å². The normalized spacial score (nSPS) is 14.8. The quantitative estimate of drug-likeness (QED) is 0.631. The van der Waals surface area contributed by atoms with Crippen LogP contribution in [0.2, 0.25) is 0 Å². The van der Waals surface area contributed by atoms with Crippen LogP contribution in [0.3, 0.4) is 0 Å². The Labute approximate surface area is 178 Å². The smallest absolute Gasteiger partial charge is 0.319 e. The van der Waals surface area contributed by atoms with E-state index in [0.29, 0.717) is 5.56 Å². The van der Waals surface area contributed by atoms with Crippen LogP contribution in [0.15, 0.2) is 66.7 Å². The maximum absolute atomic E-state index is 13.7. The fourth-order valence-corrected chi connectivity index (χ4v) is 3.73. The molecule has 0 saturated carbocycles. The first kappa shape index (κ1) is 20.5. The summed E-state index contributed by atoms with van der Waals surface area (Å²) in [6, 6.07) is 17.0. The van der Waals surface area contributed by atoms with Crippen LogP contribution >= 0.6 is 0 Å². The third kappa shape index (κ3) is 4.40. The number of rotatable bonds is 4. The largest absolute Gasteiger partial charge is 0.334 e. The van der Waals surface area contributed by atoms with Crippen molar-refractivity contribution in [3.05, 3.63) is 95.1 Å². The van der Waals surface area contributed by atoms with Crippen molar-refractivity contribution in [2.75, 3.05) is 10.2 Å². The van der Waals surface area contributed by atoms with Crippen molar-refractivity contribution >= 4 is 23.3 Å². The summed E-state index contributed by atoms with van der Waals surface area (Å²) < 4.78 is 27.0.